The molecule has 1 amide bonds. The number of anilines is 1. The van der Waals surface area contributed by atoms with Crippen LogP contribution < -0.4 is 10.2 Å². The van der Waals surface area contributed by atoms with E-state index in [-0.39, 0.29) is 11.5 Å². The van der Waals surface area contributed by atoms with E-state index in [1.165, 1.54) is 23.5 Å². The van der Waals surface area contributed by atoms with Gasteiger partial charge in [0.2, 0.25) is 0 Å². The van der Waals surface area contributed by atoms with Crippen LogP contribution in [0.2, 0.25) is 0 Å². The van der Waals surface area contributed by atoms with E-state index in [1.54, 1.807) is 17.4 Å². The van der Waals surface area contributed by atoms with Gasteiger partial charge < -0.3 is 10.2 Å². The number of nitrogens with zero attached hydrogens (tertiary/aromatic N) is 2. The lowest BCUT2D eigenvalue weighted by molar-refractivity contribution is -0.116. The molecule has 4 nitrogen and oxygen atoms in total. The number of carbonyl (C=O) groups is 1. The molecule has 0 spiro atoms. The van der Waals surface area contributed by atoms with Crippen molar-refractivity contribution >= 4 is 39.8 Å². The largest absolute Gasteiger partial charge is 0.378 e. The fourth-order valence-electron chi connectivity index (χ4n) is 2.68. The molecule has 0 unspecified atom stereocenters. The van der Waals surface area contributed by atoms with E-state index in [9.17, 15) is 4.79 Å². The van der Waals surface area contributed by atoms with E-state index in [4.69, 9.17) is 5.26 Å². The zero-order valence-corrected chi connectivity index (χ0v) is 15.7. The number of benzene rings is 2. The Hall–Kier alpha value is -3.10. The van der Waals surface area contributed by atoms with E-state index in [0.29, 0.717) is 0 Å². The topological polar surface area (TPSA) is 56.1 Å². The molecule has 5 heteroatoms. The monoisotopic (exact) mass is 361 g/mol. The standard InChI is InChI=1S/C21H19N3OS/c1-23-21(25)17(13-22)12-19-8-9-20(26-19)16-5-4-15-11-18(24(2)3)7-6-14(15)10-16/h4-12H,1-3H3,(H,23,25)/b17-12+. The van der Waals surface area contributed by atoms with Gasteiger partial charge in [0, 0.05) is 36.6 Å². The molecule has 130 valence electrons. The normalized spacial score (nSPS) is 11.2. The Labute approximate surface area is 157 Å². The highest BCUT2D eigenvalue weighted by Gasteiger charge is 2.09. The molecular weight excluding hydrogens is 342 g/mol. The summed E-state index contributed by atoms with van der Waals surface area (Å²) in [5.41, 5.74) is 2.40. The van der Waals surface area contributed by atoms with Crippen LogP contribution in [0.15, 0.2) is 54.1 Å². The van der Waals surface area contributed by atoms with Gasteiger partial charge in [0.15, 0.2) is 0 Å². The number of nitriles is 1. The van der Waals surface area contributed by atoms with E-state index in [0.717, 1.165) is 15.3 Å². The Kier molecular flexibility index (Phi) is 5.06. The van der Waals surface area contributed by atoms with Crippen molar-refractivity contribution in [2.45, 2.75) is 0 Å². The molecule has 0 fully saturated rings. The first-order valence-corrected chi connectivity index (χ1v) is 8.98. The van der Waals surface area contributed by atoms with Gasteiger partial charge in [-0.1, -0.05) is 18.2 Å². The smallest absolute Gasteiger partial charge is 0.261 e. The molecule has 2 aromatic carbocycles. The van der Waals surface area contributed by atoms with Crippen molar-refractivity contribution in [2.24, 2.45) is 0 Å². The number of rotatable bonds is 4. The summed E-state index contributed by atoms with van der Waals surface area (Å²) < 4.78 is 0. The van der Waals surface area contributed by atoms with Crippen molar-refractivity contribution < 1.29 is 4.79 Å². The maximum Gasteiger partial charge on any atom is 0.261 e. The van der Waals surface area contributed by atoms with E-state index in [2.05, 4.69) is 46.6 Å². The van der Waals surface area contributed by atoms with Gasteiger partial charge in [-0.3, -0.25) is 4.79 Å². The van der Waals surface area contributed by atoms with Gasteiger partial charge in [-0.15, -0.1) is 11.3 Å². The van der Waals surface area contributed by atoms with Crippen molar-refractivity contribution in [2.75, 3.05) is 26.0 Å². The van der Waals surface area contributed by atoms with Gasteiger partial charge >= 0.3 is 0 Å². The molecule has 0 aliphatic carbocycles. The zero-order chi connectivity index (χ0) is 18.7. The van der Waals surface area contributed by atoms with Crippen LogP contribution in [0.25, 0.3) is 27.3 Å². The summed E-state index contributed by atoms with van der Waals surface area (Å²) >= 11 is 1.56. The summed E-state index contributed by atoms with van der Waals surface area (Å²) in [6, 6.07) is 18.7. The van der Waals surface area contributed by atoms with Gasteiger partial charge in [0.25, 0.3) is 5.91 Å². The van der Waals surface area contributed by atoms with E-state index < -0.39 is 0 Å². The third kappa shape index (κ3) is 3.61. The van der Waals surface area contributed by atoms with Crippen LogP contribution >= 0.6 is 11.3 Å². The third-order valence-corrected chi connectivity index (χ3v) is 5.21. The number of likely N-dealkylation sites (N-methyl/N-ethyl adjacent to an activating group) is 1. The third-order valence-electron chi connectivity index (χ3n) is 4.13. The lowest BCUT2D eigenvalue weighted by Gasteiger charge is -2.13. The minimum absolute atomic E-state index is 0.107. The number of hydrogen-bond donors (Lipinski definition) is 1. The Morgan fingerprint density at radius 3 is 2.54 bits per heavy atom. The van der Waals surface area contributed by atoms with E-state index >= 15 is 0 Å². The number of hydrogen-bond acceptors (Lipinski definition) is 4. The maximum absolute atomic E-state index is 11.6. The Morgan fingerprint density at radius 2 is 1.85 bits per heavy atom. The zero-order valence-electron chi connectivity index (χ0n) is 14.9. The molecule has 0 atom stereocenters. The quantitative estimate of drug-likeness (QED) is 0.557. The second-order valence-electron chi connectivity index (χ2n) is 6.09. The molecule has 0 aliphatic rings. The maximum atomic E-state index is 11.6. The number of fused-ring (bicyclic) bond motifs is 1. The van der Waals surface area contributed by atoms with Crippen LogP contribution in [0.1, 0.15) is 4.88 Å². The first-order chi connectivity index (χ1) is 12.5. The Morgan fingerprint density at radius 1 is 1.12 bits per heavy atom. The second-order valence-corrected chi connectivity index (χ2v) is 7.21. The first kappa shape index (κ1) is 17.7. The van der Waals surface area contributed by atoms with Crippen molar-refractivity contribution in [1.29, 1.82) is 5.26 Å². The predicted octanol–water partition coefficient (Wildman–Crippen LogP) is 4.29. The fraction of sp³-hybridized carbons (Fsp3) is 0.143. The number of nitrogens with one attached hydrogen (secondary N) is 1. The van der Waals surface area contributed by atoms with Crippen molar-refractivity contribution in [1.82, 2.24) is 5.32 Å². The van der Waals surface area contributed by atoms with Gasteiger partial charge in [-0.05, 0) is 52.7 Å². The van der Waals surface area contributed by atoms with Gasteiger partial charge in [-0.25, -0.2) is 0 Å². The summed E-state index contributed by atoms with van der Waals surface area (Å²) in [4.78, 5) is 15.7. The molecule has 3 rings (SSSR count). The average molecular weight is 361 g/mol. The minimum atomic E-state index is -0.371. The molecule has 0 bridgehead atoms. The van der Waals surface area contributed by atoms with Gasteiger partial charge in [-0.2, -0.15) is 5.26 Å². The van der Waals surface area contributed by atoms with Crippen molar-refractivity contribution in [3.8, 4) is 16.5 Å². The lowest BCUT2D eigenvalue weighted by Crippen LogP contribution is -2.18. The average Bonchev–Trinajstić information content (AvgIpc) is 3.13. The summed E-state index contributed by atoms with van der Waals surface area (Å²) in [6.45, 7) is 0. The summed E-state index contributed by atoms with van der Waals surface area (Å²) in [5.74, 6) is -0.371. The van der Waals surface area contributed by atoms with Crippen LogP contribution in [-0.4, -0.2) is 27.1 Å². The molecule has 26 heavy (non-hydrogen) atoms. The van der Waals surface area contributed by atoms with Crippen LogP contribution in [-0.2, 0) is 4.79 Å². The predicted molar refractivity (Wildman–Crippen MR) is 109 cm³/mol. The van der Waals surface area contributed by atoms with Gasteiger partial charge in [0.05, 0.1) is 0 Å². The fourth-order valence-corrected chi connectivity index (χ4v) is 3.62. The molecule has 0 saturated carbocycles. The molecular formula is C21H19N3OS. The molecule has 0 radical (unpaired) electrons. The number of amides is 1. The molecule has 1 aromatic heterocycles. The van der Waals surface area contributed by atoms with Crippen LogP contribution in [0.4, 0.5) is 5.69 Å². The van der Waals surface area contributed by atoms with Crippen molar-refractivity contribution in [3.63, 3.8) is 0 Å². The first-order valence-electron chi connectivity index (χ1n) is 8.17. The summed E-state index contributed by atoms with van der Waals surface area (Å²) in [5, 5.41) is 14.0. The molecule has 0 saturated heterocycles. The Balaban J connectivity index is 1.94. The lowest BCUT2D eigenvalue weighted by atomic mass is 10.1. The molecule has 1 heterocycles. The highest BCUT2D eigenvalue weighted by Crippen LogP contribution is 2.32. The molecule has 3 aromatic rings. The highest BCUT2D eigenvalue weighted by molar-refractivity contribution is 7.16. The van der Waals surface area contributed by atoms with E-state index in [1.807, 2.05) is 32.3 Å². The van der Waals surface area contributed by atoms with Crippen LogP contribution in [0, 0.1) is 11.3 Å². The summed E-state index contributed by atoms with van der Waals surface area (Å²) in [6.07, 6.45) is 1.62. The molecule has 0 aliphatic heterocycles. The SMILES string of the molecule is CNC(=O)/C(C#N)=C/c1ccc(-c2ccc3cc(N(C)C)ccc3c2)s1. The van der Waals surface area contributed by atoms with Crippen LogP contribution in [0.5, 0.6) is 0 Å². The Bertz CT molecular complexity index is 1040. The second kappa shape index (κ2) is 7.42. The van der Waals surface area contributed by atoms with Gasteiger partial charge in [0.1, 0.15) is 11.6 Å². The highest BCUT2D eigenvalue weighted by atomic mass is 32.1. The molecule has 1 N–H and O–H groups in total. The van der Waals surface area contributed by atoms with Crippen molar-refractivity contribution in [3.05, 3.63) is 59.0 Å². The summed E-state index contributed by atoms with van der Waals surface area (Å²) in [7, 11) is 5.58. The van der Waals surface area contributed by atoms with Crippen LogP contribution in [0.3, 0.4) is 0 Å². The number of carbonyl (C=O) groups excluding carboxylic acids is 1. The minimum Gasteiger partial charge on any atom is -0.378 e. The number of thiophene rings is 1.